The quantitative estimate of drug-likeness (QED) is 0.533. The molecule has 0 aromatic carbocycles. The maximum atomic E-state index is 11.6. The van der Waals surface area contributed by atoms with E-state index < -0.39 is 29.9 Å². The summed E-state index contributed by atoms with van der Waals surface area (Å²) < 4.78 is 4.36. The van der Waals surface area contributed by atoms with Gasteiger partial charge in [0.1, 0.15) is 6.04 Å². The topological polar surface area (TPSA) is 105 Å². The Labute approximate surface area is 102 Å². The van der Waals surface area contributed by atoms with Crippen LogP contribution in [0.25, 0.3) is 0 Å². The number of thioether (sulfide) groups is 1. The van der Waals surface area contributed by atoms with E-state index >= 15 is 0 Å². The lowest BCUT2D eigenvalue weighted by molar-refractivity contribution is -0.148. The number of aliphatic carboxylic acids is 1. The first-order valence-electron chi connectivity index (χ1n) is 4.95. The van der Waals surface area contributed by atoms with Gasteiger partial charge in [0.15, 0.2) is 0 Å². The lowest BCUT2D eigenvalue weighted by atomic mass is 10.2. The summed E-state index contributed by atoms with van der Waals surface area (Å²) in [7, 11) is 1.16. The van der Waals surface area contributed by atoms with Crippen molar-refractivity contribution in [2.45, 2.75) is 18.5 Å². The number of esters is 1. The molecule has 1 amide bonds. The summed E-state index contributed by atoms with van der Waals surface area (Å²) in [6.45, 7) is 0. The Morgan fingerprint density at radius 1 is 1.59 bits per heavy atom. The first kappa shape index (κ1) is 13.8. The molecule has 1 aliphatic heterocycles. The molecular formula is C9H14N2O5S. The van der Waals surface area contributed by atoms with Crippen molar-refractivity contribution in [3.05, 3.63) is 0 Å². The van der Waals surface area contributed by atoms with Crippen molar-refractivity contribution >= 4 is 29.6 Å². The fourth-order valence-corrected chi connectivity index (χ4v) is 2.23. The molecule has 0 aromatic rings. The molecule has 1 unspecified atom stereocenters. The van der Waals surface area contributed by atoms with Crippen LogP contribution in [0.4, 0.5) is 0 Å². The maximum Gasteiger partial charge on any atom is 0.326 e. The highest BCUT2D eigenvalue weighted by Gasteiger charge is 2.29. The fraction of sp³-hybridized carbons (Fsp3) is 0.667. The van der Waals surface area contributed by atoms with Crippen LogP contribution in [0.1, 0.15) is 6.42 Å². The smallest absolute Gasteiger partial charge is 0.326 e. The van der Waals surface area contributed by atoms with Crippen LogP contribution in [0.2, 0.25) is 0 Å². The van der Waals surface area contributed by atoms with Gasteiger partial charge < -0.3 is 15.2 Å². The third kappa shape index (κ3) is 4.23. The summed E-state index contributed by atoms with van der Waals surface area (Å²) in [5, 5.41) is 14.1. The highest BCUT2D eigenvalue weighted by atomic mass is 32.2. The molecule has 1 heterocycles. The van der Waals surface area contributed by atoms with Crippen LogP contribution >= 0.6 is 11.8 Å². The van der Waals surface area contributed by atoms with Crippen molar-refractivity contribution in [2.24, 2.45) is 0 Å². The van der Waals surface area contributed by atoms with Gasteiger partial charge in [0.2, 0.25) is 5.91 Å². The molecule has 1 fully saturated rings. The number of methoxy groups -OCH3 is 1. The van der Waals surface area contributed by atoms with E-state index in [1.807, 2.05) is 0 Å². The van der Waals surface area contributed by atoms with Crippen LogP contribution in [0.15, 0.2) is 0 Å². The van der Waals surface area contributed by atoms with Crippen molar-refractivity contribution in [1.29, 1.82) is 0 Å². The van der Waals surface area contributed by atoms with Crippen molar-refractivity contribution in [1.82, 2.24) is 10.6 Å². The minimum Gasteiger partial charge on any atom is -0.480 e. The second-order valence-corrected chi connectivity index (χ2v) is 4.48. The van der Waals surface area contributed by atoms with Crippen LogP contribution in [0, 0.1) is 0 Å². The van der Waals surface area contributed by atoms with Gasteiger partial charge in [-0.25, -0.2) is 4.79 Å². The Kier molecular flexibility index (Phi) is 5.23. The van der Waals surface area contributed by atoms with Gasteiger partial charge in [-0.1, -0.05) is 0 Å². The van der Waals surface area contributed by atoms with Gasteiger partial charge in [0.05, 0.1) is 19.6 Å². The summed E-state index contributed by atoms with van der Waals surface area (Å²) in [4.78, 5) is 33.5. The molecule has 0 radical (unpaired) electrons. The Morgan fingerprint density at radius 3 is 2.76 bits per heavy atom. The van der Waals surface area contributed by atoms with Crippen molar-refractivity contribution in [2.75, 3.05) is 18.7 Å². The largest absolute Gasteiger partial charge is 0.480 e. The number of carbonyl (C=O) groups is 3. The summed E-state index contributed by atoms with van der Waals surface area (Å²) in [6.07, 6.45) is -0.378. The van der Waals surface area contributed by atoms with Crippen molar-refractivity contribution < 1.29 is 24.2 Å². The second kappa shape index (κ2) is 6.45. The van der Waals surface area contributed by atoms with E-state index in [1.54, 1.807) is 11.8 Å². The molecule has 1 rings (SSSR count). The number of hydrogen-bond acceptors (Lipinski definition) is 6. The molecule has 1 saturated heterocycles. The first-order chi connectivity index (χ1) is 8.04. The Bertz CT molecular complexity index is 317. The zero-order chi connectivity index (χ0) is 12.8. The summed E-state index contributed by atoms with van der Waals surface area (Å²) >= 11 is 1.55. The molecule has 2 atom stereocenters. The number of nitrogens with one attached hydrogen (secondary N) is 2. The van der Waals surface area contributed by atoms with Gasteiger partial charge in [-0.15, -0.1) is 11.8 Å². The average molecular weight is 262 g/mol. The van der Waals surface area contributed by atoms with Gasteiger partial charge in [-0.3, -0.25) is 14.9 Å². The minimum atomic E-state index is -1.26. The number of amides is 1. The van der Waals surface area contributed by atoms with E-state index in [0.29, 0.717) is 11.6 Å². The normalized spacial score (nSPS) is 20.6. The number of carboxylic acids is 1. The predicted octanol–water partition coefficient (Wildman–Crippen LogP) is -1.22. The van der Waals surface area contributed by atoms with Gasteiger partial charge in [0, 0.05) is 11.6 Å². The number of carbonyl (C=O) groups excluding carboxylic acids is 2. The minimum absolute atomic E-state index is 0.378. The zero-order valence-corrected chi connectivity index (χ0v) is 10.1. The van der Waals surface area contributed by atoms with Crippen molar-refractivity contribution in [3.8, 4) is 0 Å². The molecule has 17 heavy (non-hydrogen) atoms. The van der Waals surface area contributed by atoms with E-state index in [-0.39, 0.29) is 6.42 Å². The van der Waals surface area contributed by atoms with E-state index in [4.69, 9.17) is 5.11 Å². The van der Waals surface area contributed by atoms with E-state index in [9.17, 15) is 14.4 Å². The van der Waals surface area contributed by atoms with Crippen LogP contribution in [-0.4, -0.2) is 53.8 Å². The lowest BCUT2D eigenvalue weighted by Crippen LogP contribution is -2.49. The van der Waals surface area contributed by atoms with Crippen LogP contribution < -0.4 is 10.6 Å². The molecule has 0 saturated carbocycles. The van der Waals surface area contributed by atoms with Gasteiger partial charge in [0.25, 0.3) is 0 Å². The third-order valence-corrected chi connectivity index (χ3v) is 3.19. The standard InChI is InChI=1S/C9H14N2O5S/c1-16-7(12)2-5(9(14)15)11-8(13)6-3-17-4-10-6/h5-6,10H,2-4H2,1H3,(H,11,13)(H,14,15)/t5-,6?/m0/s1. The highest BCUT2D eigenvalue weighted by molar-refractivity contribution is 7.99. The number of ether oxygens (including phenoxy) is 1. The fourth-order valence-electron chi connectivity index (χ4n) is 1.29. The van der Waals surface area contributed by atoms with E-state index in [0.717, 1.165) is 7.11 Å². The van der Waals surface area contributed by atoms with Crippen molar-refractivity contribution in [3.63, 3.8) is 0 Å². The molecule has 0 aliphatic carbocycles. The van der Waals surface area contributed by atoms with Gasteiger partial charge >= 0.3 is 11.9 Å². The molecule has 0 bridgehead atoms. The number of hydrogen-bond donors (Lipinski definition) is 3. The molecule has 1 aliphatic rings. The molecular weight excluding hydrogens is 248 g/mol. The van der Waals surface area contributed by atoms with Crippen LogP contribution in [-0.2, 0) is 19.1 Å². The van der Waals surface area contributed by atoms with Crippen LogP contribution in [0.3, 0.4) is 0 Å². The van der Waals surface area contributed by atoms with E-state index in [1.165, 1.54) is 0 Å². The first-order valence-corrected chi connectivity index (χ1v) is 6.11. The Hall–Kier alpha value is -1.28. The molecule has 96 valence electrons. The molecule has 7 nitrogen and oxygen atoms in total. The summed E-state index contributed by atoms with van der Waals surface area (Å²) in [5.41, 5.74) is 0. The lowest BCUT2D eigenvalue weighted by Gasteiger charge is -2.16. The molecule has 0 aromatic heterocycles. The molecule has 8 heteroatoms. The number of rotatable bonds is 5. The third-order valence-electron chi connectivity index (χ3n) is 2.25. The summed E-state index contributed by atoms with van der Waals surface area (Å²) in [5.74, 6) is -1.09. The zero-order valence-electron chi connectivity index (χ0n) is 9.26. The van der Waals surface area contributed by atoms with E-state index in [2.05, 4.69) is 15.4 Å². The summed E-state index contributed by atoms with van der Waals surface area (Å²) in [6, 6.07) is -1.65. The number of carboxylic acid groups (broad SMARTS) is 1. The average Bonchev–Trinajstić information content (AvgIpc) is 2.81. The predicted molar refractivity (Wildman–Crippen MR) is 60.4 cm³/mol. The molecule has 3 N–H and O–H groups in total. The highest BCUT2D eigenvalue weighted by Crippen LogP contribution is 2.09. The Balaban J connectivity index is 2.50. The maximum absolute atomic E-state index is 11.6. The monoisotopic (exact) mass is 262 g/mol. The second-order valence-electron chi connectivity index (χ2n) is 3.45. The molecule has 0 spiro atoms. The Morgan fingerprint density at radius 2 is 2.29 bits per heavy atom. The van der Waals surface area contributed by atoms with Crippen LogP contribution in [0.5, 0.6) is 0 Å². The van der Waals surface area contributed by atoms with Gasteiger partial charge in [-0.05, 0) is 0 Å². The SMILES string of the molecule is COC(=O)C[C@H](NC(=O)C1CSCN1)C(=O)O. The van der Waals surface area contributed by atoms with Gasteiger partial charge in [-0.2, -0.15) is 0 Å².